The van der Waals surface area contributed by atoms with Crippen LogP contribution in [0.4, 0.5) is 4.39 Å². The Morgan fingerprint density at radius 3 is 1.97 bits per heavy atom. The molecule has 0 unspecified atom stereocenters. The molecule has 9 N–H and O–H groups in total. The van der Waals surface area contributed by atoms with Crippen molar-refractivity contribution in [2.45, 2.75) is 128 Å². The molecule has 10 amide bonds. The van der Waals surface area contributed by atoms with Crippen molar-refractivity contribution in [2.75, 3.05) is 92.1 Å². The lowest BCUT2D eigenvalue weighted by Crippen LogP contribution is -2.53. The van der Waals surface area contributed by atoms with Gasteiger partial charge in [0.2, 0.25) is 47.3 Å². The van der Waals surface area contributed by atoms with Crippen LogP contribution in [0.2, 0.25) is 0 Å². The third kappa shape index (κ3) is 20.4. The average Bonchev–Trinajstić information content (AvgIpc) is 1.49. The number of carbonyl (C=O) groups is 12. The fraction of sp³-hybridized carbons (Fsp3) is 0.500. The monoisotopic (exact) mass is 1390 g/mol. The predicted molar refractivity (Wildman–Crippen MR) is 351 cm³/mol. The molecule has 1 aliphatic carbocycles. The number of aromatic nitrogens is 2. The van der Waals surface area contributed by atoms with Gasteiger partial charge in [0.25, 0.3) is 17.4 Å². The zero-order valence-electron chi connectivity index (χ0n) is 56.3. The molecule has 31 nitrogen and oxygen atoms in total. The van der Waals surface area contributed by atoms with Crippen LogP contribution in [0.5, 0.6) is 0 Å². The summed E-state index contributed by atoms with van der Waals surface area (Å²) >= 11 is 0. The molecule has 0 bridgehead atoms. The lowest BCUT2D eigenvalue weighted by atomic mass is 9.81. The van der Waals surface area contributed by atoms with Crippen LogP contribution < -0.4 is 48.1 Å². The summed E-state index contributed by atoms with van der Waals surface area (Å²) in [6.45, 7) is 7.37. The van der Waals surface area contributed by atoms with Crippen LogP contribution in [0, 0.1) is 12.7 Å². The second kappa shape index (κ2) is 35.2. The number of nitrogens with zero attached hydrogens (tertiary/aromatic N) is 3. The third-order valence-electron chi connectivity index (χ3n) is 16.7. The van der Waals surface area contributed by atoms with Gasteiger partial charge in [-0.1, -0.05) is 37.3 Å². The number of cyclic esters (lactones) is 1. The van der Waals surface area contributed by atoms with Crippen molar-refractivity contribution in [3.63, 3.8) is 0 Å². The summed E-state index contributed by atoms with van der Waals surface area (Å²) in [5.74, 6) is -8.56. The molecule has 4 aromatic rings. The molecule has 0 saturated heterocycles. The molecule has 538 valence electrons. The summed E-state index contributed by atoms with van der Waals surface area (Å²) in [7, 11) is 0. The summed E-state index contributed by atoms with van der Waals surface area (Å²) in [6, 6.07) is 8.10. The zero-order valence-corrected chi connectivity index (χ0v) is 56.3. The largest absolute Gasteiger partial charge is 0.460 e. The van der Waals surface area contributed by atoms with Gasteiger partial charge in [-0.15, -0.1) is 0 Å². The number of pyridine rings is 2. The number of imide groups is 1. The Morgan fingerprint density at radius 2 is 1.31 bits per heavy atom. The quantitative estimate of drug-likeness (QED) is 0.0135. The first kappa shape index (κ1) is 75.9. The summed E-state index contributed by atoms with van der Waals surface area (Å²) in [5.41, 5.74) is 0.707. The zero-order chi connectivity index (χ0) is 72.3. The molecule has 2 aromatic carbocycles. The first-order valence-corrected chi connectivity index (χ1v) is 32.9. The molecule has 32 heteroatoms. The van der Waals surface area contributed by atoms with E-state index in [9.17, 15) is 67.4 Å². The Balaban J connectivity index is 0.735. The highest BCUT2D eigenvalue weighted by atomic mass is 19.1. The topological polar surface area (TPSA) is 415 Å². The van der Waals surface area contributed by atoms with E-state index in [4.69, 9.17) is 33.4 Å². The number of carbonyl (C=O) groups excluding carboxylic acids is 12. The summed E-state index contributed by atoms with van der Waals surface area (Å²) in [5, 5.41) is 32.6. The highest BCUT2D eigenvalue weighted by Crippen LogP contribution is 2.46. The van der Waals surface area contributed by atoms with Gasteiger partial charge in [-0.25, -0.2) is 14.2 Å². The predicted octanol–water partition coefficient (Wildman–Crippen LogP) is -0.683. The smallest absolute Gasteiger partial charge is 0.343 e. The van der Waals surface area contributed by atoms with Crippen molar-refractivity contribution >= 4 is 81.9 Å². The van der Waals surface area contributed by atoms with Crippen LogP contribution in [0.15, 0.2) is 59.4 Å². The van der Waals surface area contributed by atoms with E-state index in [0.29, 0.717) is 62.9 Å². The third-order valence-corrected chi connectivity index (χ3v) is 16.7. The van der Waals surface area contributed by atoms with Gasteiger partial charge < -0.3 is 80.6 Å². The van der Waals surface area contributed by atoms with Crippen molar-refractivity contribution in [3.05, 3.63) is 110 Å². The number of esters is 2. The minimum absolute atomic E-state index is 0.0114. The second-order valence-electron chi connectivity index (χ2n) is 25.0. The maximum absolute atomic E-state index is 15.5. The molecule has 4 atom stereocenters. The SMILES string of the molecule is CC[C@@]1(O)C(=O)OCc2c1cc1n(c2=O)Cc2c-1nc1cc(F)c(C)c3c1c2[C@@H](NC(=O)CCNC(=O)CNC(=O)[C@H](Cc1ccccc1)NC(=O)CNC(=O)CNC(=O)[C@H](CC(=O)OC(C)(C)C)NC(=O)CCOCCOCCOCCOCCNC(=O)CCN1C(=O)C=CC1=O)CC3. The fourth-order valence-electron chi connectivity index (χ4n) is 11.6. The van der Waals surface area contributed by atoms with Gasteiger partial charge in [-0.05, 0) is 75.3 Å². The highest BCUT2D eigenvalue weighted by molar-refractivity contribution is 6.13. The molecular formula is C68H84FN11O20. The molecular weight excluding hydrogens is 1310 g/mol. The van der Waals surface area contributed by atoms with Crippen LogP contribution in [0.1, 0.15) is 111 Å². The van der Waals surface area contributed by atoms with Crippen molar-refractivity contribution in [1.82, 2.24) is 57.0 Å². The van der Waals surface area contributed by atoms with Crippen LogP contribution in [-0.2, 0) is 118 Å². The molecule has 0 spiro atoms. The van der Waals surface area contributed by atoms with Gasteiger partial charge in [0.05, 0.1) is 114 Å². The normalized spacial score (nSPS) is 16.3. The van der Waals surface area contributed by atoms with Crippen LogP contribution >= 0.6 is 0 Å². The van der Waals surface area contributed by atoms with Crippen molar-refractivity contribution in [3.8, 4) is 11.4 Å². The number of benzene rings is 2. The van der Waals surface area contributed by atoms with E-state index in [2.05, 4.69) is 42.5 Å². The number of hydrogen-bond donors (Lipinski definition) is 9. The van der Waals surface area contributed by atoms with E-state index >= 15 is 4.39 Å². The molecule has 0 saturated carbocycles. The van der Waals surface area contributed by atoms with Gasteiger partial charge in [0.15, 0.2) is 5.60 Å². The molecule has 100 heavy (non-hydrogen) atoms. The molecule has 0 radical (unpaired) electrons. The van der Waals surface area contributed by atoms with E-state index in [1.165, 1.54) is 10.6 Å². The van der Waals surface area contributed by atoms with Crippen molar-refractivity contribution < 1.29 is 95.5 Å². The molecule has 4 aliphatic rings. The van der Waals surface area contributed by atoms with E-state index in [0.717, 1.165) is 17.1 Å². The van der Waals surface area contributed by atoms with Gasteiger partial charge in [0.1, 0.15) is 30.1 Å². The number of amides is 10. The van der Waals surface area contributed by atoms with Crippen LogP contribution in [0.25, 0.3) is 22.3 Å². The van der Waals surface area contributed by atoms with Gasteiger partial charge in [0, 0.05) is 80.0 Å². The Kier molecular flexibility index (Phi) is 26.7. The average molecular weight is 1390 g/mol. The number of ether oxygens (including phenoxy) is 6. The summed E-state index contributed by atoms with van der Waals surface area (Å²) < 4.78 is 49.3. The standard InChI is InChI=1S/C68H84FN11O20/c1-6-68(94)44-31-50-62-42(37-80(50)65(92)43(44)38-99-66(68)93)61-46(13-12-41-39(2)45(69)32-47(78-62)60(41)61)75-52(82)16-19-70-54(84)34-73-63(90)48(30-40-10-8-7-9-11-40)77-56(86)36-72-55(85)35-74-64(91)49(33-59(89)100-67(3,4)5)76-53(83)18-22-95-24-26-97-28-29-98-27-25-96-23-20-71-51(81)17-21-79-57(87)14-15-58(79)88/h7-11,14-15,31-32,46,48-49,94H,6,12-13,16-30,33-38H2,1-5H3,(H,70,84)(H,71,81)(H,72,85)(H,73,90)(H,74,91)(H,75,82)(H,76,83)(H,77,86)/t46-,48-,49-,68-/m0/s1. The number of fused-ring (bicyclic) bond motifs is 5. The lowest BCUT2D eigenvalue weighted by Gasteiger charge is -2.31. The number of aliphatic hydroxyl groups is 1. The first-order valence-electron chi connectivity index (χ1n) is 32.9. The number of nitrogens with one attached hydrogen (secondary N) is 8. The number of halogens is 1. The number of hydrogen-bond acceptors (Lipinski definition) is 21. The Bertz CT molecular complexity index is 3860. The van der Waals surface area contributed by atoms with Crippen LogP contribution in [-0.4, -0.2) is 200 Å². The molecule has 3 aliphatic heterocycles. The highest BCUT2D eigenvalue weighted by Gasteiger charge is 2.46. The number of aryl methyl sites for hydroxylation is 1. The molecule has 2 aromatic heterocycles. The summed E-state index contributed by atoms with van der Waals surface area (Å²) in [4.78, 5) is 174. The second-order valence-corrected chi connectivity index (χ2v) is 25.0. The first-order chi connectivity index (χ1) is 47.7. The number of rotatable bonds is 37. The molecule has 8 rings (SSSR count). The maximum Gasteiger partial charge on any atom is 0.343 e. The van der Waals surface area contributed by atoms with Crippen molar-refractivity contribution in [2.24, 2.45) is 0 Å². The Morgan fingerprint density at radius 1 is 0.700 bits per heavy atom. The van der Waals surface area contributed by atoms with Crippen molar-refractivity contribution in [1.29, 1.82) is 0 Å². The van der Waals surface area contributed by atoms with E-state index in [1.54, 1.807) is 71.0 Å². The van der Waals surface area contributed by atoms with E-state index in [-0.39, 0.29) is 135 Å². The van der Waals surface area contributed by atoms with Gasteiger partial charge >= 0.3 is 11.9 Å². The Hall–Kier alpha value is -9.89. The molecule has 0 fully saturated rings. The van der Waals surface area contributed by atoms with E-state index < -0.39 is 132 Å². The molecule has 5 heterocycles. The minimum atomic E-state index is -2.07. The summed E-state index contributed by atoms with van der Waals surface area (Å²) in [6.07, 6.45) is 1.90. The fourth-order valence-corrected chi connectivity index (χ4v) is 11.6. The lowest BCUT2D eigenvalue weighted by molar-refractivity contribution is -0.172. The van der Waals surface area contributed by atoms with E-state index in [1.807, 2.05) is 0 Å². The Labute approximate surface area is 574 Å². The maximum atomic E-state index is 15.5. The van der Waals surface area contributed by atoms with Crippen LogP contribution in [0.3, 0.4) is 0 Å². The minimum Gasteiger partial charge on any atom is -0.460 e. The van der Waals surface area contributed by atoms with Gasteiger partial charge in [-0.3, -0.25) is 62.4 Å². The van der Waals surface area contributed by atoms with Gasteiger partial charge in [-0.2, -0.15) is 0 Å².